The second kappa shape index (κ2) is 10.9. The highest BCUT2D eigenvalue weighted by atomic mass is 35.5. The molecule has 3 aromatic rings. The average Bonchev–Trinajstić information content (AvgIpc) is 2.81. The van der Waals surface area contributed by atoms with Crippen molar-refractivity contribution in [3.63, 3.8) is 0 Å². The zero-order valence-corrected chi connectivity index (χ0v) is 18.6. The number of halogens is 2. The second-order valence-electron chi connectivity index (χ2n) is 7.47. The topological polar surface area (TPSA) is 115 Å². The molecule has 1 aromatic heterocycles. The molecule has 3 rings (SSSR count). The standard InChI is InChI=1S/C24H23ClFN3O4/c1-14-10-17(13-28-23(14)31)22(29-33)12-20(19-7-6-18(25)11-21(19)26)15-2-4-16(5-3-15)24(32)27-8-9-30/h2-7,10-11,13,20,30,33H,8-9,12H2,1H3,(H,27,32)(H,28,31)/b29-22+. The molecule has 0 radical (unpaired) electrons. The second-order valence-corrected chi connectivity index (χ2v) is 7.91. The number of nitrogens with zero attached hydrogens (tertiary/aromatic N) is 1. The zero-order valence-electron chi connectivity index (χ0n) is 17.8. The first-order valence-corrected chi connectivity index (χ1v) is 10.6. The number of aliphatic hydroxyl groups excluding tert-OH is 1. The summed E-state index contributed by atoms with van der Waals surface area (Å²) in [4.78, 5) is 26.4. The van der Waals surface area contributed by atoms with E-state index in [1.165, 1.54) is 12.3 Å². The number of amides is 1. The Kier molecular flexibility index (Phi) is 7.97. The number of nitrogens with one attached hydrogen (secondary N) is 2. The van der Waals surface area contributed by atoms with Crippen LogP contribution in [0.15, 0.2) is 64.7 Å². The summed E-state index contributed by atoms with van der Waals surface area (Å²) in [5.74, 6) is -1.44. The van der Waals surface area contributed by atoms with Crippen molar-refractivity contribution < 1.29 is 19.5 Å². The Bertz CT molecular complexity index is 1230. The molecule has 0 saturated carbocycles. The van der Waals surface area contributed by atoms with Crippen LogP contribution in [-0.4, -0.2) is 40.1 Å². The van der Waals surface area contributed by atoms with E-state index < -0.39 is 11.7 Å². The van der Waals surface area contributed by atoms with Crippen molar-refractivity contribution in [2.24, 2.45) is 5.16 Å². The number of hydrogen-bond donors (Lipinski definition) is 4. The number of aryl methyl sites for hydroxylation is 1. The fourth-order valence-corrected chi connectivity index (χ4v) is 3.66. The third kappa shape index (κ3) is 5.85. The predicted molar refractivity (Wildman–Crippen MR) is 124 cm³/mol. The Morgan fingerprint density at radius 3 is 2.52 bits per heavy atom. The van der Waals surface area contributed by atoms with E-state index in [4.69, 9.17) is 16.7 Å². The Morgan fingerprint density at radius 2 is 1.91 bits per heavy atom. The van der Waals surface area contributed by atoms with E-state index >= 15 is 0 Å². The van der Waals surface area contributed by atoms with Crippen molar-refractivity contribution >= 4 is 23.2 Å². The van der Waals surface area contributed by atoms with Gasteiger partial charge in [0.15, 0.2) is 0 Å². The Hall–Kier alpha value is -3.49. The van der Waals surface area contributed by atoms with Crippen LogP contribution in [0.5, 0.6) is 0 Å². The van der Waals surface area contributed by atoms with Crippen molar-refractivity contribution in [1.82, 2.24) is 10.3 Å². The van der Waals surface area contributed by atoms with Crippen LogP contribution in [0.4, 0.5) is 4.39 Å². The Balaban J connectivity index is 2.00. The molecule has 1 atom stereocenters. The molecule has 0 spiro atoms. The quantitative estimate of drug-likeness (QED) is 0.228. The van der Waals surface area contributed by atoms with E-state index in [1.54, 1.807) is 49.4 Å². The van der Waals surface area contributed by atoms with Gasteiger partial charge in [0.25, 0.3) is 11.5 Å². The minimum Gasteiger partial charge on any atom is -0.411 e. The lowest BCUT2D eigenvalue weighted by Gasteiger charge is -2.20. The van der Waals surface area contributed by atoms with Gasteiger partial charge in [-0.2, -0.15) is 0 Å². The first-order valence-electron chi connectivity index (χ1n) is 10.2. The largest absolute Gasteiger partial charge is 0.411 e. The van der Waals surface area contributed by atoms with Gasteiger partial charge in [0.2, 0.25) is 0 Å². The van der Waals surface area contributed by atoms with Crippen LogP contribution >= 0.6 is 11.6 Å². The van der Waals surface area contributed by atoms with Crippen LogP contribution in [-0.2, 0) is 0 Å². The molecular weight excluding hydrogens is 449 g/mol. The van der Waals surface area contributed by atoms with Gasteiger partial charge in [-0.25, -0.2) is 4.39 Å². The van der Waals surface area contributed by atoms with Gasteiger partial charge in [-0.05, 0) is 48.4 Å². The fourth-order valence-electron chi connectivity index (χ4n) is 3.50. The molecule has 0 bridgehead atoms. The first kappa shape index (κ1) is 24.2. The third-order valence-electron chi connectivity index (χ3n) is 5.25. The van der Waals surface area contributed by atoms with Crippen LogP contribution in [0.1, 0.15) is 45.0 Å². The molecule has 0 fully saturated rings. The Labute approximate surface area is 194 Å². The predicted octanol–water partition coefficient (Wildman–Crippen LogP) is 3.60. The number of oxime groups is 1. The van der Waals surface area contributed by atoms with Gasteiger partial charge in [0.05, 0.1) is 12.3 Å². The van der Waals surface area contributed by atoms with Gasteiger partial charge in [-0.3, -0.25) is 9.59 Å². The fraction of sp³-hybridized carbons (Fsp3) is 0.208. The van der Waals surface area contributed by atoms with Gasteiger partial charge < -0.3 is 20.6 Å². The van der Waals surface area contributed by atoms with Crippen molar-refractivity contribution in [3.05, 3.63) is 104 Å². The van der Waals surface area contributed by atoms with Crippen LogP contribution in [0.2, 0.25) is 5.02 Å². The summed E-state index contributed by atoms with van der Waals surface area (Å²) in [5, 5.41) is 24.8. The lowest BCUT2D eigenvalue weighted by atomic mass is 9.85. The number of aromatic amines is 1. The molecule has 0 aliphatic heterocycles. The number of pyridine rings is 1. The third-order valence-corrected chi connectivity index (χ3v) is 5.49. The molecule has 1 heterocycles. The molecule has 172 valence electrons. The summed E-state index contributed by atoms with van der Waals surface area (Å²) >= 11 is 5.93. The van der Waals surface area contributed by atoms with E-state index in [1.807, 2.05) is 0 Å². The molecule has 1 unspecified atom stereocenters. The summed E-state index contributed by atoms with van der Waals surface area (Å²) in [7, 11) is 0. The molecule has 9 heteroatoms. The van der Waals surface area contributed by atoms with Crippen molar-refractivity contribution in [1.29, 1.82) is 0 Å². The average molecular weight is 472 g/mol. The summed E-state index contributed by atoms with van der Waals surface area (Å²) in [6, 6.07) is 12.5. The Morgan fingerprint density at radius 1 is 1.18 bits per heavy atom. The van der Waals surface area contributed by atoms with Crippen LogP contribution < -0.4 is 10.9 Å². The summed E-state index contributed by atoms with van der Waals surface area (Å²) in [6.07, 6.45) is 1.55. The summed E-state index contributed by atoms with van der Waals surface area (Å²) < 4.78 is 14.9. The van der Waals surface area contributed by atoms with Crippen molar-refractivity contribution in [2.75, 3.05) is 13.2 Å². The lowest BCUT2D eigenvalue weighted by molar-refractivity contribution is 0.0944. The lowest BCUT2D eigenvalue weighted by Crippen LogP contribution is -2.26. The maximum absolute atomic E-state index is 14.9. The van der Waals surface area contributed by atoms with Crippen LogP contribution in [0.3, 0.4) is 0 Å². The van der Waals surface area contributed by atoms with E-state index in [2.05, 4.69) is 15.5 Å². The smallest absolute Gasteiger partial charge is 0.251 e. The zero-order chi connectivity index (χ0) is 24.0. The number of hydrogen-bond acceptors (Lipinski definition) is 5. The summed E-state index contributed by atoms with van der Waals surface area (Å²) in [5.41, 5.74) is 2.33. The molecular formula is C24H23ClFN3O4. The van der Waals surface area contributed by atoms with Gasteiger partial charge in [-0.15, -0.1) is 0 Å². The van der Waals surface area contributed by atoms with E-state index in [0.29, 0.717) is 27.8 Å². The van der Waals surface area contributed by atoms with Crippen LogP contribution in [0.25, 0.3) is 0 Å². The number of carbonyl (C=O) groups is 1. The SMILES string of the molecule is Cc1cc(/C(CC(c2ccc(C(=O)NCCO)cc2)c2ccc(Cl)cc2F)=N/O)c[nH]c1=O. The van der Waals surface area contributed by atoms with Gasteiger partial charge in [-0.1, -0.05) is 35.0 Å². The minimum atomic E-state index is -0.574. The number of benzene rings is 2. The molecule has 1 amide bonds. The first-order chi connectivity index (χ1) is 15.8. The monoisotopic (exact) mass is 471 g/mol. The molecule has 0 aliphatic carbocycles. The minimum absolute atomic E-state index is 0.108. The van der Waals surface area contributed by atoms with Gasteiger partial charge in [0, 0.05) is 46.8 Å². The number of carbonyl (C=O) groups excluding carboxylic acids is 1. The highest BCUT2D eigenvalue weighted by molar-refractivity contribution is 6.30. The van der Waals surface area contributed by atoms with Crippen molar-refractivity contribution in [2.45, 2.75) is 19.3 Å². The van der Waals surface area contributed by atoms with E-state index in [0.717, 1.165) is 0 Å². The number of aromatic nitrogens is 1. The molecule has 7 nitrogen and oxygen atoms in total. The maximum atomic E-state index is 14.9. The molecule has 4 N–H and O–H groups in total. The van der Waals surface area contributed by atoms with E-state index in [9.17, 15) is 19.2 Å². The highest BCUT2D eigenvalue weighted by Crippen LogP contribution is 2.33. The van der Waals surface area contributed by atoms with Gasteiger partial charge >= 0.3 is 0 Å². The number of rotatable bonds is 8. The summed E-state index contributed by atoms with van der Waals surface area (Å²) in [6.45, 7) is 1.59. The normalized spacial score (nSPS) is 12.4. The maximum Gasteiger partial charge on any atom is 0.251 e. The molecule has 0 aliphatic rings. The molecule has 0 saturated heterocycles. The molecule has 33 heavy (non-hydrogen) atoms. The number of aliphatic hydroxyl groups is 1. The van der Waals surface area contributed by atoms with Crippen LogP contribution in [0, 0.1) is 12.7 Å². The number of H-pyrrole nitrogens is 1. The van der Waals surface area contributed by atoms with E-state index in [-0.39, 0.29) is 41.8 Å². The van der Waals surface area contributed by atoms with Crippen molar-refractivity contribution in [3.8, 4) is 0 Å². The highest BCUT2D eigenvalue weighted by Gasteiger charge is 2.23. The molecule has 2 aromatic carbocycles. The van der Waals surface area contributed by atoms with Gasteiger partial charge in [0.1, 0.15) is 5.82 Å².